The number of hydrogen-bond donors (Lipinski definition) is 0. The number of methoxy groups -OCH3 is 2. The molecule has 0 N–H and O–H groups in total. The monoisotopic (exact) mass is 358 g/mol. The zero-order valence-corrected chi connectivity index (χ0v) is 12.5. The topological polar surface area (TPSA) is 18.5 Å². The van der Waals surface area contributed by atoms with Gasteiger partial charge in [0.1, 0.15) is 0 Å². The minimum Gasteiger partial charge on any atom is -1.00 e. The Balaban J connectivity index is -0.00000000833. The average molecular weight is 360 g/mol. The van der Waals surface area contributed by atoms with E-state index in [0.29, 0.717) is 13.2 Å². The van der Waals surface area contributed by atoms with Crippen LogP contribution in [0, 0.1) is 0 Å². The molecule has 0 fully saturated rings. The Hall–Kier alpha value is 2.11. The van der Waals surface area contributed by atoms with E-state index in [1.165, 1.54) is 0 Å². The zero-order chi connectivity index (χ0) is 4.83. The number of ether oxygens (including phenoxy) is 2. The van der Waals surface area contributed by atoms with Gasteiger partial charge in [0.2, 0.25) is 0 Å². The molecule has 0 amide bonds. The van der Waals surface area contributed by atoms with Gasteiger partial charge in [-0.25, -0.2) is 0 Å². The van der Waals surface area contributed by atoms with E-state index in [4.69, 9.17) is 0 Å². The molecule has 12 heavy (non-hydrogen) atoms. The fourth-order valence-corrected chi connectivity index (χ4v) is 0.167. The molecule has 0 saturated heterocycles. The van der Waals surface area contributed by atoms with Gasteiger partial charge in [0.15, 0.2) is 0 Å². The fourth-order valence-electron chi connectivity index (χ4n) is 0.167. The number of hydrogen-bond acceptors (Lipinski definition) is 2. The molecule has 0 aromatic carbocycles. The van der Waals surface area contributed by atoms with Gasteiger partial charge < -0.3 is 71.5 Å². The summed E-state index contributed by atoms with van der Waals surface area (Å²) in [6.07, 6.45) is 0. The molecule has 0 aromatic heterocycles. The standard InChI is InChI=1S/C4H10O2.5ClH.Nb/c1-5-3-4-6-2;;;;;;/h3-4H2,1-2H3;5*1H;/q;;;;;;+5/p-5. The molecule has 0 bridgehead atoms. The van der Waals surface area contributed by atoms with Crippen LogP contribution in [0.25, 0.3) is 0 Å². The van der Waals surface area contributed by atoms with Crippen molar-refractivity contribution < 1.29 is 93.9 Å². The first-order chi connectivity index (χ1) is 2.91. The van der Waals surface area contributed by atoms with Crippen LogP contribution in [0.2, 0.25) is 0 Å². The smallest absolute Gasteiger partial charge is 1.00 e. The molecule has 0 radical (unpaired) electrons. The van der Waals surface area contributed by atoms with Crippen molar-refractivity contribution in [3.8, 4) is 0 Å². The maximum Gasteiger partial charge on any atom is 5.00 e. The third kappa shape index (κ3) is 57.2. The van der Waals surface area contributed by atoms with Gasteiger partial charge in [-0.2, -0.15) is 0 Å². The fraction of sp³-hybridized carbons (Fsp3) is 1.00. The van der Waals surface area contributed by atoms with Gasteiger partial charge >= 0.3 is 22.4 Å². The molecule has 0 unspecified atom stereocenters. The van der Waals surface area contributed by atoms with Gasteiger partial charge in [0.05, 0.1) is 13.2 Å². The third-order valence-corrected chi connectivity index (χ3v) is 0.492. The van der Waals surface area contributed by atoms with Crippen molar-refractivity contribution in [2.45, 2.75) is 0 Å². The van der Waals surface area contributed by atoms with Crippen LogP contribution >= 0.6 is 0 Å². The van der Waals surface area contributed by atoms with Crippen LogP contribution in [0.3, 0.4) is 0 Å². The molecule has 0 aliphatic heterocycles. The van der Waals surface area contributed by atoms with Gasteiger partial charge in [-0.1, -0.05) is 0 Å². The summed E-state index contributed by atoms with van der Waals surface area (Å²) >= 11 is 0. The van der Waals surface area contributed by atoms with Crippen molar-refractivity contribution in [2.24, 2.45) is 0 Å². The second kappa shape index (κ2) is 51.5. The Morgan fingerprint density at radius 3 is 0.917 bits per heavy atom. The SMILES string of the molecule is COCCOC.[Cl-].[Cl-].[Cl-].[Cl-].[Cl-].[Nb+5]. The van der Waals surface area contributed by atoms with Gasteiger partial charge in [-0.3, -0.25) is 0 Å². The summed E-state index contributed by atoms with van der Waals surface area (Å²) < 4.78 is 9.31. The summed E-state index contributed by atoms with van der Waals surface area (Å²) in [5.41, 5.74) is 0. The predicted molar refractivity (Wildman–Crippen MR) is 23.8 cm³/mol. The summed E-state index contributed by atoms with van der Waals surface area (Å²) in [5, 5.41) is 0. The number of rotatable bonds is 3. The maximum atomic E-state index is 4.66. The van der Waals surface area contributed by atoms with Gasteiger partial charge in [0, 0.05) is 14.2 Å². The molecule has 0 atom stereocenters. The van der Waals surface area contributed by atoms with E-state index in [0.717, 1.165) is 0 Å². The minimum absolute atomic E-state index is 0. The summed E-state index contributed by atoms with van der Waals surface area (Å²) in [6.45, 7) is 1.38. The molecular formula is C4H10Cl5NbO2. The van der Waals surface area contributed by atoms with E-state index in [2.05, 4.69) is 9.47 Å². The molecule has 0 heterocycles. The summed E-state index contributed by atoms with van der Waals surface area (Å²) in [4.78, 5) is 0. The Labute approximate surface area is 120 Å². The van der Waals surface area contributed by atoms with E-state index in [-0.39, 0.29) is 84.4 Å². The average Bonchev–Trinajstić information content (AvgIpc) is 1.61. The molecule has 8 heteroatoms. The van der Waals surface area contributed by atoms with Crippen LogP contribution < -0.4 is 62.0 Å². The van der Waals surface area contributed by atoms with Crippen LogP contribution in [-0.2, 0) is 31.9 Å². The van der Waals surface area contributed by atoms with E-state index in [9.17, 15) is 0 Å². The van der Waals surface area contributed by atoms with Crippen molar-refractivity contribution in [3.05, 3.63) is 0 Å². The van der Waals surface area contributed by atoms with E-state index in [1.807, 2.05) is 0 Å². The van der Waals surface area contributed by atoms with Crippen molar-refractivity contribution in [1.82, 2.24) is 0 Å². The Bertz CT molecular complexity index is 33.4. The first-order valence-electron chi connectivity index (χ1n) is 1.89. The summed E-state index contributed by atoms with van der Waals surface area (Å²) in [6, 6.07) is 0. The molecular weight excluding hydrogens is 350 g/mol. The van der Waals surface area contributed by atoms with Gasteiger partial charge in [-0.05, 0) is 0 Å². The largest absolute Gasteiger partial charge is 5.00 e. The number of halogens is 5. The van der Waals surface area contributed by atoms with Gasteiger partial charge in [0.25, 0.3) is 0 Å². The van der Waals surface area contributed by atoms with Gasteiger partial charge in [-0.15, -0.1) is 0 Å². The third-order valence-electron chi connectivity index (χ3n) is 0.492. The molecule has 0 aromatic rings. The first-order valence-corrected chi connectivity index (χ1v) is 1.89. The van der Waals surface area contributed by atoms with E-state index < -0.39 is 0 Å². The minimum atomic E-state index is 0. The van der Waals surface area contributed by atoms with E-state index in [1.54, 1.807) is 14.2 Å². The van der Waals surface area contributed by atoms with Crippen molar-refractivity contribution >= 4 is 0 Å². The molecule has 0 aliphatic rings. The molecule has 0 saturated carbocycles. The summed E-state index contributed by atoms with van der Waals surface area (Å²) in [5.74, 6) is 0. The van der Waals surface area contributed by atoms with Crippen LogP contribution in [-0.4, -0.2) is 27.4 Å². The zero-order valence-electron chi connectivity index (χ0n) is 6.57. The van der Waals surface area contributed by atoms with Crippen LogP contribution in [0.5, 0.6) is 0 Å². The van der Waals surface area contributed by atoms with Crippen LogP contribution in [0.4, 0.5) is 0 Å². The molecule has 0 rings (SSSR count). The van der Waals surface area contributed by atoms with E-state index >= 15 is 0 Å². The van der Waals surface area contributed by atoms with Crippen molar-refractivity contribution in [2.75, 3.05) is 27.4 Å². The predicted octanol–water partition coefficient (Wildman–Crippen LogP) is -14.7. The van der Waals surface area contributed by atoms with Crippen LogP contribution in [0.1, 0.15) is 0 Å². The molecule has 78 valence electrons. The second-order valence-corrected chi connectivity index (χ2v) is 0.986. The molecule has 0 aliphatic carbocycles. The second-order valence-electron chi connectivity index (χ2n) is 0.986. The van der Waals surface area contributed by atoms with Crippen molar-refractivity contribution in [1.29, 1.82) is 0 Å². The molecule has 2 nitrogen and oxygen atoms in total. The Kier molecular flexibility index (Phi) is 206. The summed E-state index contributed by atoms with van der Waals surface area (Å²) in [7, 11) is 3.30. The normalized spacial score (nSPS) is 4.50. The maximum absolute atomic E-state index is 4.66. The van der Waals surface area contributed by atoms with Crippen molar-refractivity contribution in [3.63, 3.8) is 0 Å². The van der Waals surface area contributed by atoms with Crippen LogP contribution in [0.15, 0.2) is 0 Å². The first kappa shape index (κ1) is 48.0. The Morgan fingerprint density at radius 2 is 0.833 bits per heavy atom. The quantitative estimate of drug-likeness (QED) is 0.368. The molecule has 0 spiro atoms. The Morgan fingerprint density at radius 1 is 0.667 bits per heavy atom.